The van der Waals surface area contributed by atoms with Crippen LogP contribution >= 0.6 is 0 Å². The van der Waals surface area contributed by atoms with Crippen molar-refractivity contribution < 1.29 is 58.2 Å². The maximum Gasteiger partial charge on any atom is 0.245 e. The fraction of sp³-hybridized carbons (Fsp3) is 0.730. The summed E-state index contributed by atoms with van der Waals surface area (Å²) < 4.78 is 0. The molecule has 0 bridgehead atoms. The lowest BCUT2D eigenvalue weighted by Crippen LogP contribution is -2.61. The Balaban J connectivity index is 6.02. The van der Waals surface area contributed by atoms with Crippen LogP contribution in [0.4, 0.5) is 0 Å². The normalized spacial score (nSPS) is 15.0. The molecule has 0 spiro atoms. The molecule has 0 aliphatic rings. The fourth-order valence-electron chi connectivity index (χ4n) is 5.97. The minimum Gasteiger partial charge on any atom is -0.394 e. The number of aliphatic hydroxyl groups excluding tert-OH is 2. The molecule has 0 fully saturated rings. The third-order valence-electron chi connectivity index (χ3n) is 8.82. The van der Waals surface area contributed by atoms with E-state index in [4.69, 9.17) is 17.2 Å². The molecule has 0 saturated heterocycles. The molecule has 0 aromatic carbocycles. The molecule has 23 heteroatoms. The second-order valence-electron chi connectivity index (χ2n) is 16.3. The Morgan fingerprint density at radius 2 is 0.950 bits per heavy atom. The molecule has 0 unspecified atom stereocenters. The smallest absolute Gasteiger partial charge is 0.245 e. The first kappa shape index (κ1) is 54.6. The standard InChI is InChI=1S/C37H67N11O12/c1-9-41-20(3)29(54)44-21(12-10-11-13-42-35(60)37(7,8)18-36(4,5)6)30(55)47-25(17-50)34(59)46-22(14-26(38)51)31(56)45-23(15-27(39)52)32(57)48-24(16-49)33(58)43-19(2)28(40)53/h19-25,41,49-50H,9-18H2,1-8H3,(H2,38,51)(H2,39,52)(H2,40,53)(H,42,60)(H,43,58)(H,44,54)(H,45,56)(H,46,59)(H,47,55)(H,48,57)/t19-,20-,21-,22-,23-,24-,25-/m1/s1. The van der Waals surface area contributed by atoms with Crippen molar-refractivity contribution in [3.63, 3.8) is 0 Å². The van der Waals surface area contributed by atoms with Crippen molar-refractivity contribution in [2.24, 2.45) is 28.0 Å². The first-order chi connectivity index (χ1) is 27.7. The minimum atomic E-state index is -1.86. The molecule has 10 amide bonds. The largest absolute Gasteiger partial charge is 0.394 e. The molecule has 0 aliphatic heterocycles. The maximum absolute atomic E-state index is 13.5. The second kappa shape index (κ2) is 25.9. The number of nitrogens with two attached hydrogens (primary N) is 3. The first-order valence-electron chi connectivity index (χ1n) is 19.6. The van der Waals surface area contributed by atoms with Crippen molar-refractivity contribution in [2.45, 2.75) is 136 Å². The van der Waals surface area contributed by atoms with E-state index in [1.54, 1.807) is 13.8 Å². The fourth-order valence-corrected chi connectivity index (χ4v) is 5.97. The third kappa shape index (κ3) is 21.0. The Morgan fingerprint density at radius 3 is 1.35 bits per heavy atom. The number of rotatable bonds is 28. The Bertz CT molecular complexity index is 1540. The Morgan fingerprint density at radius 1 is 0.550 bits per heavy atom. The Hall–Kier alpha value is -5.42. The van der Waals surface area contributed by atoms with Gasteiger partial charge in [0, 0.05) is 12.0 Å². The van der Waals surface area contributed by atoms with Gasteiger partial charge in [0.1, 0.15) is 36.3 Å². The second-order valence-corrected chi connectivity index (χ2v) is 16.3. The van der Waals surface area contributed by atoms with Crippen molar-refractivity contribution in [1.82, 2.24) is 42.5 Å². The summed E-state index contributed by atoms with van der Waals surface area (Å²) in [4.78, 5) is 127. The molecule has 0 aromatic rings. The van der Waals surface area contributed by atoms with Crippen molar-refractivity contribution in [3.8, 4) is 0 Å². The zero-order chi connectivity index (χ0) is 46.5. The van der Waals surface area contributed by atoms with Gasteiger partial charge in [0.15, 0.2) is 0 Å². The number of primary amides is 3. The molecule has 60 heavy (non-hydrogen) atoms. The van der Waals surface area contributed by atoms with Crippen molar-refractivity contribution in [1.29, 1.82) is 0 Å². The number of carbonyl (C=O) groups excluding carboxylic acids is 10. The quantitative estimate of drug-likeness (QED) is 0.0328. The molecule has 0 saturated carbocycles. The summed E-state index contributed by atoms with van der Waals surface area (Å²) in [5.74, 6) is -9.49. The summed E-state index contributed by atoms with van der Waals surface area (Å²) in [5.41, 5.74) is 14.9. The number of carbonyl (C=O) groups is 10. The highest BCUT2D eigenvalue weighted by Crippen LogP contribution is 2.33. The van der Waals surface area contributed by atoms with Gasteiger partial charge < -0.3 is 69.9 Å². The predicted octanol–water partition coefficient (Wildman–Crippen LogP) is -5.12. The average Bonchev–Trinajstić information content (AvgIpc) is 3.12. The molecule has 0 aromatic heterocycles. The summed E-state index contributed by atoms with van der Waals surface area (Å²) in [6, 6.07) is -10.3. The van der Waals surface area contributed by atoms with Gasteiger partial charge in [0.25, 0.3) is 0 Å². The zero-order valence-corrected chi connectivity index (χ0v) is 35.8. The minimum absolute atomic E-state index is 0.0520. The molecule has 342 valence electrons. The number of hydrogen-bond donors (Lipinski definition) is 13. The highest BCUT2D eigenvalue weighted by atomic mass is 16.3. The molecule has 0 radical (unpaired) electrons. The van der Waals surface area contributed by atoms with Gasteiger partial charge in [-0.25, -0.2) is 0 Å². The number of hydrogen-bond acceptors (Lipinski definition) is 13. The lowest BCUT2D eigenvalue weighted by Gasteiger charge is -2.31. The van der Waals surface area contributed by atoms with Crippen molar-refractivity contribution >= 4 is 59.1 Å². The van der Waals surface area contributed by atoms with E-state index in [0.717, 1.165) is 0 Å². The van der Waals surface area contributed by atoms with Gasteiger partial charge in [-0.15, -0.1) is 0 Å². The van der Waals surface area contributed by atoms with Gasteiger partial charge in [-0.3, -0.25) is 47.9 Å². The van der Waals surface area contributed by atoms with Crippen LogP contribution in [0.25, 0.3) is 0 Å². The van der Waals surface area contributed by atoms with E-state index < -0.39 is 127 Å². The van der Waals surface area contributed by atoms with E-state index in [-0.39, 0.29) is 24.3 Å². The lowest BCUT2D eigenvalue weighted by atomic mass is 9.76. The van der Waals surface area contributed by atoms with Gasteiger partial charge in [0.2, 0.25) is 59.1 Å². The third-order valence-corrected chi connectivity index (χ3v) is 8.82. The monoisotopic (exact) mass is 857 g/mol. The number of aliphatic hydroxyl groups is 2. The summed E-state index contributed by atoms with van der Waals surface area (Å²) in [6.07, 6.45) is -0.310. The molecule has 0 aliphatic carbocycles. The van der Waals surface area contributed by atoms with Crippen LogP contribution in [-0.4, -0.2) is 138 Å². The molecule has 0 rings (SSSR count). The Labute approximate surface area is 349 Å². The highest BCUT2D eigenvalue weighted by Gasteiger charge is 2.35. The van der Waals surface area contributed by atoms with E-state index in [9.17, 15) is 58.2 Å². The predicted molar refractivity (Wildman–Crippen MR) is 216 cm³/mol. The van der Waals surface area contributed by atoms with Crippen LogP contribution < -0.4 is 59.7 Å². The number of likely N-dealkylation sites (N-methyl/N-ethyl adjacent to an activating group) is 1. The molecule has 7 atom stereocenters. The maximum atomic E-state index is 13.5. The number of unbranched alkanes of at least 4 members (excludes halogenated alkanes) is 1. The van der Waals surface area contributed by atoms with Gasteiger partial charge >= 0.3 is 0 Å². The Kier molecular flexibility index (Phi) is 23.6. The highest BCUT2D eigenvalue weighted by molar-refractivity contribution is 5.99. The van der Waals surface area contributed by atoms with Crippen LogP contribution in [0, 0.1) is 10.8 Å². The summed E-state index contributed by atoms with van der Waals surface area (Å²) in [5, 5.41) is 39.0. The van der Waals surface area contributed by atoms with Crippen LogP contribution in [0.15, 0.2) is 0 Å². The molecule has 16 N–H and O–H groups in total. The SMILES string of the molecule is CCN[C@H](C)C(=O)N[C@H](CCCCNC(=O)C(C)(C)CC(C)(C)C)C(=O)N[C@H](CO)C(=O)N[C@H](CC(N)=O)C(=O)N[C@H](CC(N)=O)C(=O)N[C@H](CO)C(=O)N[C@H](C)C(N)=O. The van der Waals surface area contributed by atoms with E-state index in [0.29, 0.717) is 25.8 Å². The van der Waals surface area contributed by atoms with Crippen LogP contribution in [0.1, 0.15) is 93.9 Å². The average molecular weight is 858 g/mol. The van der Waals surface area contributed by atoms with Gasteiger partial charge in [-0.2, -0.15) is 0 Å². The molecule has 23 nitrogen and oxygen atoms in total. The lowest BCUT2D eigenvalue weighted by molar-refractivity contribution is -0.137. The van der Waals surface area contributed by atoms with Gasteiger partial charge in [0.05, 0.1) is 32.1 Å². The van der Waals surface area contributed by atoms with Crippen LogP contribution in [-0.2, 0) is 47.9 Å². The summed E-state index contributed by atoms with van der Waals surface area (Å²) >= 11 is 0. The van der Waals surface area contributed by atoms with E-state index in [2.05, 4.69) is 42.5 Å². The van der Waals surface area contributed by atoms with E-state index >= 15 is 0 Å². The summed E-state index contributed by atoms with van der Waals surface area (Å²) in [7, 11) is 0. The van der Waals surface area contributed by atoms with Gasteiger partial charge in [-0.05, 0) is 51.5 Å². The zero-order valence-electron chi connectivity index (χ0n) is 35.8. The van der Waals surface area contributed by atoms with Crippen LogP contribution in [0.2, 0.25) is 0 Å². The van der Waals surface area contributed by atoms with Gasteiger partial charge in [-0.1, -0.05) is 41.5 Å². The molecular formula is C37H67N11O12. The van der Waals surface area contributed by atoms with E-state index in [1.165, 1.54) is 6.92 Å². The molecular weight excluding hydrogens is 790 g/mol. The first-order valence-corrected chi connectivity index (χ1v) is 19.6. The van der Waals surface area contributed by atoms with E-state index in [1.807, 2.05) is 34.6 Å². The summed E-state index contributed by atoms with van der Waals surface area (Å²) in [6.45, 7) is 13.1. The number of nitrogens with one attached hydrogen (secondary N) is 8. The van der Waals surface area contributed by atoms with Crippen molar-refractivity contribution in [2.75, 3.05) is 26.3 Å². The van der Waals surface area contributed by atoms with Crippen LogP contribution in [0.3, 0.4) is 0 Å². The van der Waals surface area contributed by atoms with Crippen molar-refractivity contribution in [3.05, 3.63) is 0 Å². The molecule has 0 heterocycles. The number of amides is 10. The topological polar surface area (TPSA) is 385 Å². The van der Waals surface area contributed by atoms with Crippen LogP contribution in [0.5, 0.6) is 0 Å².